The summed E-state index contributed by atoms with van der Waals surface area (Å²) in [5.74, 6) is -2.44. The highest BCUT2D eigenvalue weighted by Crippen LogP contribution is 2.31. The zero-order chi connectivity index (χ0) is 12.3. The van der Waals surface area contributed by atoms with E-state index < -0.39 is 5.76 Å². The van der Waals surface area contributed by atoms with Crippen LogP contribution in [-0.2, 0) is 6.54 Å². The average molecular weight is 255 g/mol. The lowest BCUT2D eigenvalue weighted by Gasteiger charge is -2.11. The predicted molar refractivity (Wildman–Crippen MR) is 63.3 cm³/mol. The number of imidazole rings is 1. The Labute approximate surface area is 102 Å². The van der Waals surface area contributed by atoms with Gasteiger partial charge in [-0.15, -0.1) is 0 Å². The molecule has 0 radical (unpaired) electrons. The number of alkyl halides is 2. The summed E-state index contributed by atoms with van der Waals surface area (Å²) in [5, 5.41) is 0. The monoisotopic (exact) mass is 255 g/mol. The number of aromatic nitrogens is 2. The number of nitrogens with two attached hydrogens (primary N) is 1. The van der Waals surface area contributed by atoms with Crippen molar-refractivity contribution in [3.05, 3.63) is 42.5 Å². The normalized spacial score (nSPS) is 11.1. The maximum Gasteiger partial charge on any atom is 0.288 e. The van der Waals surface area contributed by atoms with Crippen molar-refractivity contribution in [3.63, 3.8) is 0 Å². The summed E-state index contributed by atoms with van der Waals surface area (Å²) in [5.41, 5.74) is 7.03. The summed E-state index contributed by atoms with van der Waals surface area (Å²) < 4.78 is 26.6. The fourth-order valence-corrected chi connectivity index (χ4v) is 2.18. The molecule has 2 aromatic rings. The zero-order valence-corrected chi connectivity index (χ0v) is 9.70. The van der Waals surface area contributed by atoms with Gasteiger partial charge < -0.3 is 10.3 Å². The van der Waals surface area contributed by atoms with Crippen molar-refractivity contribution in [2.45, 2.75) is 17.2 Å². The molecule has 17 heavy (non-hydrogen) atoms. The maximum absolute atomic E-state index is 12.4. The maximum atomic E-state index is 12.4. The SMILES string of the molecule is NCc1cncn1-c1ccccc1SC(F)F. The van der Waals surface area contributed by atoms with Gasteiger partial charge in [0.2, 0.25) is 0 Å². The van der Waals surface area contributed by atoms with E-state index >= 15 is 0 Å². The third kappa shape index (κ3) is 2.65. The second kappa shape index (κ2) is 5.29. The summed E-state index contributed by atoms with van der Waals surface area (Å²) >= 11 is 0.520. The van der Waals surface area contributed by atoms with Crippen LogP contribution in [0.2, 0.25) is 0 Å². The number of para-hydroxylation sites is 1. The van der Waals surface area contributed by atoms with Crippen molar-refractivity contribution in [3.8, 4) is 5.69 Å². The highest BCUT2D eigenvalue weighted by Gasteiger charge is 2.12. The van der Waals surface area contributed by atoms with Crippen LogP contribution in [0.3, 0.4) is 0 Å². The van der Waals surface area contributed by atoms with Crippen molar-refractivity contribution >= 4 is 11.8 Å². The first-order valence-electron chi connectivity index (χ1n) is 4.98. The second-order valence-electron chi connectivity index (χ2n) is 3.31. The molecule has 90 valence electrons. The first-order chi connectivity index (χ1) is 8.22. The number of thioether (sulfide) groups is 1. The quantitative estimate of drug-likeness (QED) is 0.854. The molecule has 1 heterocycles. The Morgan fingerprint density at radius 1 is 1.35 bits per heavy atom. The van der Waals surface area contributed by atoms with Crippen molar-refractivity contribution < 1.29 is 8.78 Å². The molecule has 2 rings (SSSR count). The Balaban J connectivity index is 2.44. The minimum Gasteiger partial charge on any atom is -0.325 e. The number of rotatable bonds is 4. The molecule has 0 unspecified atom stereocenters. The van der Waals surface area contributed by atoms with Crippen LogP contribution >= 0.6 is 11.8 Å². The molecule has 0 atom stereocenters. The van der Waals surface area contributed by atoms with E-state index in [1.165, 1.54) is 0 Å². The van der Waals surface area contributed by atoms with Gasteiger partial charge in [-0.05, 0) is 12.1 Å². The van der Waals surface area contributed by atoms with Gasteiger partial charge in [-0.1, -0.05) is 23.9 Å². The van der Waals surface area contributed by atoms with Gasteiger partial charge in [-0.25, -0.2) is 4.98 Å². The van der Waals surface area contributed by atoms with Gasteiger partial charge in [0.1, 0.15) is 0 Å². The molecule has 0 aliphatic rings. The first kappa shape index (κ1) is 12.1. The van der Waals surface area contributed by atoms with Crippen LogP contribution < -0.4 is 5.73 Å². The third-order valence-electron chi connectivity index (χ3n) is 2.27. The van der Waals surface area contributed by atoms with Gasteiger partial charge in [-0.3, -0.25) is 0 Å². The topological polar surface area (TPSA) is 43.8 Å². The van der Waals surface area contributed by atoms with Gasteiger partial charge in [0, 0.05) is 17.6 Å². The second-order valence-corrected chi connectivity index (χ2v) is 4.34. The van der Waals surface area contributed by atoms with E-state index in [0.29, 0.717) is 28.9 Å². The largest absolute Gasteiger partial charge is 0.325 e. The number of halogens is 2. The average Bonchev–Trinajstić information content (AvgIpc) is 2.77. The van der Waals surface area contributed by atoms with E-state index in [-0.39, 0.29) is 0 Å². The molecule has 0 spiro atoms. The summed E-state index contributed by atoms with van der Waals surface area (Å²) in [6.07, 6.45) is 3.21. The molecular formula is C11H11F2N3S. The van der Waals surface area contributed by atoms with E-state index in [4.69, 9.17) is 5.73 Å². The van der Waals surface area contributed by atoms with E-state index in [9.17, 15) is 8.78 Å². The van der Waals surface area contributed by atoms with E-state index in [1.54, 1.807) is 41.4 Å². The summed E-state index contributed by atoms with van der Waals surface area (Å²) in [6, 6.07) is 6.95. The van der Waals surface area contributed by atoms with Crippen LogP contribution in [0.4, 0.5) is 8.78 Å². The fourth-order valence-electron chi connectivity index (χ4n) is 1.54. The zero-order valence-electron chi connectivity index (χ0n) is 8.88. The summed E-state index contributed by atoms with van der Waals surface area (Å²) in [6.45, 7) is 0.313. The van der Waals surface area contributed by atoms with Crippen LogP contribution in [-0.4, -0.2) is 15.3 Å². The Morgan fingerprint density at radius 2 is 2.12 bits per heavy atom. The van der Waals surface area contributed by atoms with E-state index in [0.717, 1.165) is 5.69 Å². The number of hydrogen-bond donors (Lipinski definition) is 1. The van der Waals surface area contributed by atoms with Gasteiger partial charge in [0.25, 0.3) is 5.76 Å². The Bertz CT molecular complexity index is 499. The molecule has 1 aromatic carbocycles. The summed E-state index contributed by atoms with van der Waals surface area (Å²) in [7, 11) is 0. The number of hydrogen-bond acceptors (Lipinski definition) is 3. The van der Waals surface area contributed by atoms with Gasteiger partial charge in [0.05, 0.1) is 17.7 Å². The van der Waals surface area contributed by atoms with Crippen molar-refractivity contribution in [2.75, 3.05) is 0 Å². The lowest BCUT2D eigenvalue weighted by molar-refractivity contribution is 0.252. The Hall–Kier alpha value is -1.40. The highest BCUT2D eigenvalue weighted by atomic mass is 32.2. The van der Waals surface area contributed by atoms with Crippen molar-refractivity contribution in [1.29, 1.82) is 0 Å². The molecule has 0 saturated carbocycles. The van der Waals surface area contributed by atoms with Crippen LogP contribution in [0.25, 0.3) is 5.69 Å². The third-order valence-corrected chi connectivity index (χ3v) is 3.04. The molecule has 6 heteroatoms. The molecule has 0 aliphatic heterocycles. The molecular weight excluding hydrogens is 244 g/mol. The summed E-state index contributed by atoms with van der Waals surface area (Å²) in [4.78, 5) is 4.49. The van der Waals surface area contributed by atoms with E-state index in [2.05, 4.69) is 4.98 Å². The van der Waals surface area contributed by atoms with Gasteiger partial charge in [-0.2, -0.15) is 8.78 Å². The standard InChI is InChI=1S/C11H11F2N3S/c12-11(13)17-10-4-2-1-3-9(10)16-7-15-6-8(16)5-14/h1-4,6-7,11H,5,14H2. The number of benzene rings is 1. The predicted octanol–water partition coefficient (Wildman–Crippen LogP) is 2.65. The van der Waals surface area contributed by atoms with Crippen LogP contribution in [0.5, 0.6) is 0 Å². The molecule has 2 N–H and O–H groups in total. The van der Waals surface area contributed by atoms with E-state index in [1.807, 2.05) is 0 Å². The van der Waals surface area contributed by atoms with Crippen LogP contribution in [0, 0.1) is 0 Å². The Morgan fingerprint density at radius 3 is 2.82 bits per heavy atom. The molecule has 0 fully saturated rings. The first-order valence-corrected chi connectivity index (χ1v) is 5.86. The molecule has 0 saturated heterocycles. The minimum atomic E-state index is -2.44. The molecule has 3 nitrogen and oxygen atoms in total. The van der Waals surface area contributed by atoms with Crippen LogP contribution in [0.15, 0.2) is 41.7 Å². The van der Waals surface area contributed by atoms with Gasteiger partial charge in [0.15, 0.2) is 0 Å². The molecule has 0 amide bonds. The van der Waals surface area contributed by atoms with Gasteiger partial charge >= 0.3 is 0 Å². The molecule has 0 aliphatic carbocycles. The molecule has 1 aromatic heterocycles. The smallest absolute Gasteiger partial charge is 0.288 e. The van der Waals surface area contributed by atoms with Crippen molar-refractivity contribution in [1.82, 2.24) is 9.55 Å². The minimum absolute atomic E-state index is 0.313. The number of nitrogens with zero attached hydrogens (tertiary/aromatic N) is 2. The highest BCUT2D eigenvalue weighted by molar-refractivity contribution is 7.99. The lowest BCUT2D eigenvalue weighted by Crippen LogP contribution is -2.05. The Kier molecular flexibility index (Phi) is 3.75. The lowest BCUT2D eigenvalue weighted by atomic mass is 10.3. The van der Waals surface area contributed by atoms with Crippen molar-refractivity contribution in [2.24, 2.45) is 5.73 Å². The fraction of sp³-hybridized carbons (Fsp3) is 0.182. The molecule has 0 bridgehead atoms. The van der Waals surface area contributed by atoms with Crippen LogP contribution in [0.1, 0.15) is 5.69 Å².